The van der Waals surface area contributed by atoms with Gasteiger partial charge in [0.15, 0.2) is 10.8 Å². The van der Waals surface area contributed by atoms with Crippen LogP contribution in [0.2, 0.25) is 0 Å². The fourth-order valence-corrected chi connectivity index (χ4v) is 3.69. The summed E-state index contributed by atoms with van der Waals surface area (Å²) in [6.07, 6.45) is 2.25. The summed E-state index contributed by atoms with van der Waals surface area (Å²) < 4.78 is 5.48. The van der Waals surface area contributed by atoms with Gasteiger partial charge in [0.1, 0.15) is 34.6 Å². The van der Waals surface area contributed by atoms with Crippen molar-refractivity contribution < 1.29 is 9.84 Å². The molecule has 0 aliphatic heterocycles. The number of ether oxygens (including phenoxy) is 1. The molecule has 2 aromatic heterocycles. The van der Waals surface area contributed by atoms with Gasteiger partial charge < -0.3 is 20.9 Å². The third kappa shape index (κ3) is 5.99. The van der Waals surface area contributed by atoms with Crippen molar-refractivity contribution in [2.24, 2.45) is 10.2 Å². The first-order valence-electron chi connectivity index (χ1n) is 9.96. The van der Waals surface area contributed by atoms with E-state index >= 15 is 0 Å². The molecular weight excluding hydrogens is 428 g/mol. The van der Waals surface area contributed by atoms with Gasteiger partial charge in [0.05, 0.1) is 11.1 Å². The van der Waals surface area contributed by atoms with E-state index in [0.717, 1.165) is 24.2 Å². The summed E-state index contributed by atoms with van der Waals surface area (Å²) >= 11 is 1.07. The van der Waals surface area contributed by atoms with E-state index in [-0.39, 0.29) is 23.7 Å². The van der Waals surface area contributed by atoms with Gasteiger partial charge in [-0.3, -0.25) is 0 Å². The van der Waals surface area contributed by atoms with Crippen molar-refractivity contribution in [2.75, 3.05) is 37.4 Å². The van der Waals surface area contributed by atoms with Crippen molar-refractivity contribution in [1.29, 1.82) is 15.8 Å². The van der Waals surface area contributed by atoms with Gasteiger partial charge in [-0.1, -0.05) is 0 Å². The second-order valence-electron chi connectivity index (χ2n) is 6.79. The normalized spacial score (nSPS) is 10.6. The molecule has 0 aromatic carbocycles. The maximum absolute atomic E-state index is 9.61. The highest BCUT2D eigenvalue weighted by atomic mass is 32.1. The van der Waals surface area contributed by atoms with Gasteiger partial charge in [0.25, 0.3) is 0 Å². The standard InChI is InChI=1S/C21H24N8O2S/c1-13-16(11-23)21(32-17(13)12-24)29-28-18-14(2)15(10-22)20(27-19(18)25)26-6-5-9-31-8-4-3-7-30/h30H,3-9H2,1-2H3,(H3,25,26,27). The molecule has 32 heavy (non-hydrogen) atoms. The van der Waals surface area contributed by atoms with Crippen LogP contribution in [0.5, 0.6) is 0 Å². The monoisotopic (exact) mass is 452 g/mol. The summed E-state index contributed by atoms with van der Waals surface area (Å²) in [7, 11) is 0. The number of aromatic nitrogens is 1. The fourth-order valence-electron chi connectivity index (χ4n) is 2.81. The Labute approximate surface area is 190 Å². The minimum absolute atomic E-state index is 0.0975. The molecule has 2 heterocycles. The van der Waals surface area contributed by atoms with Crippen LogP contribution < -0.4 is 11.1 Å². The first-order chi connectivity index (χ1) is 15.5. The number of thiophene rings is 1. The van der Waals surface area contributed by atoms with E-state index in [0.29, 0.717) is 58.6 Å². The van der Waals surface area contributed by atoms with Gasteiger partial charge in [0.2, 0.25) is 0 Å². The summed E-state index contributed by atoms with van der Waals surface area (Å²) in [6.45, 7) is 5.23. The summed E-state index contributed by atoms with van der Waals surface area (Å²) in [5.41, 5.74) is 7.98. The number of hydrogen-bond acceptors (Lipinski definition) is 11. The van der Waals surface area contributed by atoms with E-state index in [1.54, 1.807) is 13.8 Å². The van der Waals surface area contributed by atoms with Crippen molar-refractivity contribution in [3.8, 4) is 18.2 Å². The molecule has 0 aliphatic carbocycles. The molecule has 0 bridgehead atoms. The number of azo groups is 1. The highest BCUT2D eigenvalue weighted by Gasteiger charge is 2.17. The number of anilines is 2. The zero-order valence-electron chi connectivity index (χ0n) is 18.0. The van der Waals surface area contributed by atoms with Gasteiger partial charge in [-0.15, -0.1) is 21.6 Å². The van der Waals surface area contributed by atoms with Crippen LogP contribution >= 0.6 is 11.3 Å². The molecular formula is C21H24N8O2S. The van der Waals surface area contributed by atoms with Gasteiger partial charge in [0, 0.05) is 31.9 Å². The zero-order chi connectivity index (χ0) is 23.5. The molecule has 0 atom stereocenters. The van der Waals surface area contributed by atoms with E-state index in [1.807, 2.05) is 12.1 Å². The van der Waals surface area contributed by atoms with Crippen LogP contribution in [0.25, 0.3) is 0 Å². The SMILES string of the molecule is Cc1c(C#N)sc(N=Nc2c(N)nc(NCCCOCCCCO)c(C#N)c2C)c1C#N. The number of unbranched alkanes of at least 4 members (excludes halogenated alkanes) is 1. The Morgan fingerprint density at radius 2 is 1.75 bits per heavy atom. The van der Waals surface area contributed by atoms with Crippen LogP contribution in [-0.4, -0.2) is 36.5 Å². The Bertz CT molecular complexity index is 1110. The molecule has 0 aliphatic rings. The topological polar surface area (TPSA) is 176 Å². The number of aliphatic hydroxyl groups is 1. The molecule has 0 radical (unpaired) electrons. The molecule has 11 heteroatoms. The van der Waals surface area contributed by atoms with Gasteiger partial charge in [-0.2, -0.15) is 15.8 Å². The predicted octanol–water partition coefficient (Wildman–Crippen LogP) is 3.96. The number of aliphatic hydroxyl groups excluding tert-OH is 1. The zero-order valence-corrected chi connectivity index (χ0v) is 18.8. The molecule has 0 spiro atoms. The predicted molar refractivity (Wildman–Crippen MR) is 121 cm³/mol. The molecule has 0 unspecified atom stereocenters. The summed E-state index contributed by atoms with van der Waals surface area (Å²) in [5, 5.41) is 48.5. The molecule has 4 N–H and O–H groups in total. The Morgan fingerprint density at radius 3 is 2.41 bits per heavy atom. The lowest BCUT2D eigenvalue weighted by molar-refractivity contribution is 0.125. The summed E-state index contributed by atoms with van der Waals surface area (Å²) in [5.74, 6) is 0.457. The lowest BCUT2D eigenvalue weighted by atomic mass is 10.1. The molecule has 0 fully saturated rings. The fraction of sp³-hybridized carbons (Fsp3) is 0.429. The maximum Gasteiger partial charge on any atom is 0.158 e. The Hall–Kier alpha value is -3.56. The van der Waals surface area contributed by atoms with Gasteiger partial charge in [-0.25, -0.2) is 4.98 Å². The molecule has 2 aromatic rings. The van der Waals surface area contributed by atoms with Crippen molar-refractivity contribution in [3.05, 3.63) is 27.1 Å². The molecule has 0 saturated heterocycles. The Morgan fingerprint density at radius 1 is 1.03 bits per heavy atom. The summed E-state index contributed by atoms with van der Waals surface area (Å²) in [6, 6.07) is 6.19. The lowest BCUT2D eigenvalue weighted by Gasteiger charge is -2.12. The van der Waals surface area contributed by atoms with Crippen molar-refractivity contribution in [3.63, 3.8) is 0 Å². The average Bonchev–Trinajstić information content (AvgIpc) is 3.09. The van der Waals surface area contributed by atoms with Crippen molar-refractivity contribution >= 4 is 33.7 Å². The molecule has 0 amide bonds. The third-order valence-electron chi connectivity index (χ3n) is 4.59. The molecule has 2 rings (SSSR count). The highest BCUT2D eigenvalue weighted by molar-refractivity contribution is 7.16. The van der Waals surface area contributed by atoms with Crippen LogP contribution in [0.4, 0.5) is 22.3 Å². The van der Waals surface area contributed by atoms with E-state index in [9.17, 15) is 10.5 Å². The van der Waals surface area contributed by atoms with Gasteiger partial charge >= 0.3 is 0 Å². The number of pyridine rings is 1. The van der Waals surface area contributed by atoms with E-state index in [4.69, 9.17) is 20.8 Å². The Kier molecular flexibility index (Phi) is 9.52. The first-order valence-corrected chi connectivity index (χ1v) is 10.8. The molecule has 0 saturated carbocycles. The van der Waals surface area contributed by atoms with Gasteiger partial charge in [-0.05, 0) is 38.7 Å². The Balaban J connectivity index is 2.14. The average molecular weight is 453 g/mol. The van der Waals surface area contributed by atoms with Crippen LogP contribution in [-0.2, 0) is 4.74 Å². The molecule has 166 valence electrons. The smallest absolute Gasteiger partial charge is 0.158 e. The minimum Gasteiger partial charge on any atom is -0.396 e. The number of nitrogens with two attached hydrogens (primary N) is 1. The molecule has 10 nitrogen and oxygen atoms in total. The maximum atomic E-state index is 9.61. The van der Waals surface area contributed by atoms with E-state index < -0.39 is 0 Å². The van der Waals surface area contributed by atoms with E-state index in [1.165, 1.54) is 0 Å². The van der Waals surface area contributed by atoms with Crippen LogP contribution in [0, 0.1) is 47.8 Å². The van der Waals surface area contributed by atoms with Crippen LogP contribution in [0.1, 0.15) is 46.4 Å². The quantitative estimate of drug-likeness (QED) is 0.339. The number of nitriles is 3. The number of nitrogen functional groups attached to an aromatic ring is 1. The first kappa shape index (κ1) is 24.7. The van der Waals surface area contributed by atoms with Crippen molar-refractivity contribution in [1.82, 2.24) is 4.98 Å². The lowest BCUT2D eigenvalue weighted by Crippen LogP contribution is -2.10. The van der Waals surface area contributed by atoms with E-state index in [2.05, 4.69) is 26.6 Å². The third-order valence-corrected chi connectivity index (χ3v) is 5.67. The largest absolute Gasteiger partial charge is 0.396 e. The van der Waals surface area contributed by atoms with Crippen molar-refractivity contribution in [2.45, 2.75) is 33.1 Å². The minimum atomic E-state index is 0.0975. The number of hydrogen-bond donors (Lipinski definition) is 3. The number of nitrogens with zero attached hydrogens (tertiary/aromatic N) is 6. The number of rotatable bonds is 11. The highest BCUT2D eigenvalue weighted by Crippen LogP contribution is 2.37. The second-order valence-corrected chi connectivity index (χ2v) is 7.79. The number of nitrogens with one attached hydrogen (secondary N) is 1. The van der Waals surface area contributed by atoms with Crippen LogP contribution in [0.15, 0.2) is 10.2 Å². The van der Waals surface area contributed by atoms with Crippen LogP contribution in [0.3, 0.4) is 0 Å². The second kappa shape index (κ2) is 12.3. The summed E-state index contributed by atoms with van der Waals surface area (Å²) in [4.78, 5) is 4.66.